The predicted octanol–water partition coefficient (Wildman–Crippen LogP) is 5.44. The summed E-state index contributed by atoms with van der Waals surface area (Å²) < 4.78 is 14.1. The minimum atomic E-state index is -0.492. The molecule has 160 valence electrons. The van der Waals surface area contributed by atoms with Crippen LogP contribution in [0.5, 0.6) is 11.5 Å². The van der Waals surface area contributed by atoms with Gasteiger partial charge in [-0.3, -0.25) is 0 Å². The molecule has 0 bridgehead atoms. The van der Waals surface area contributed by atoms with Gasteiger partial charge in [-0.25, -0.2) is 0 Å². The average molecular weight is 440 g/mol. The fourth-order valence-corrected chi connectivity index (χ4v) is 7.20. The van der Waals surface area contributed by atoms with Crippen LogP contribution in [0.15, 0.2) is 73.1 Å². The second kappa shape index (κ2) is 5.15. The van der Waals surface area contributed by atoms with Crippen LogP contribution in [0.4, 0.5) is 0 Å². The quantitative estimate of drug-likeness (QED) is 0.228. The van der Waals surface area contributed by atoms with E-state index >= 15 is 0 Å². The second-order valence-electron chi connectivity index (χ2n) is 9.90. The van der Waals surface area contributed by atoms with E-state index in [4.69, 9.17) is 4.74 Å². The third-order valence-corrected chi connectivity index (χ3v) is 8.67. The molecule has 0 amide bonds. The van der Waals surface area contributed by atoms with E-state index in [1.807, 2.05) is 0 Å². The Labute approximate surface area is 195 Å². The Bertz CT molecular complexity index is 1980. The van der Waals surface area contributed by atoms with Gasteiger partial charge in [0, 0.05) is 29.3 Å². The zero-order valence-corrected chi connectivity index (χ0v) is 19.2. The van der Waals surface area contributed by atoms with Crippen LogP contribution in [0.2, 0.25) is 0 Å². The van der Waals surface area contributed by atoms with Gasteiger partial charge >= 0.3 is 5.66 Å². The van der Waals surface area contributed by atoms with E-state index in [0.29, 0.717) is 0 Å². The number of ether oxygens (including phenoxy) is 1. The molecule has 0 aliphatic carbocycles. The predicted molar refractivity (Wildman–Crippen MR) is 131 cm³/mol. The molecule has 1 atom stereocenters. The summed E-state index contributed by atoms with van der Waals surface area (Å²) in [6.07, 6.45) is 4.50. The minimum Gasteiger partial charge on any atom is -0.456 e. The lowest BCUT2D eigenvalue weighted by atomic mass is 9.86. The minimum absolute atomic E-state index is 0.492. The van der Waals surface area contributed by atoms with Crippen molar-refractivity contribution in [1.82, 2.24) is 4.40 Å². The number of hydrogen-bond acceptors (Lipinski definition) is 1. The molecule has 4 aromatic heterocycles. The normalized spacial score (nSPS) is 18.2. The molecule has 0 radical (unpaired) electrons. The molecule has 0 N–H and O–H groups in total. The molecule has 1 unspecified atom stereocenters. The fourth-order valence-electron chi connectivity index (χ4n) is 7.20. The van der Waals surface area contributed by atoms with Gasteiger partial charge in [0.15, 0.2) is 23.5 Å². The summed E-state index contributed by atoms with van der Waals surface area (Å²) in [5.74, 6) is 1.90. The van der Waals surface area contributed by atoms with Crippen LogP contribution in [0.25, 0.3) is 38.6 Å². The summed E-state index contributed by atoms with van der Waals surface area (Å²) in [7, 11) is 0. The summed E-state index contributed by atoms with van der Waals surface area (Å²) in [6.45, 7) is 6.75. The summed E-state index contributed by atoms with van der Waals surface area (Å²) in [5.41, 5.74) is 12.3. The Kier molecular flexibility index (Phi) is 2.62. The third-order valence-electron chi connectivity index (χ3n) is 8.67. The first kappa shape index (κ1) is 17.3. The molecular weight excluding hydrogens is 418 g/mol. The molecule has 3 aliphatic heterocycles. The molecule has 3 aliphatic rings. The monoisotopic (exact) mass is 439 g/mol. The van der Waals surface area contributed by atoms with Gasteiger partial charge in [-0.1, -0.05) is 6.07 Å². The Hall–Kier alpha value is -4.18. The van der Waals surface area contributed by atoms with Gasteiger partial charge < -0.3 is 9.14 Å². The number of aromatic nitrogens is 3. The molecule has 9 rings (SSSR count). The van der Waals surface area contributed by atoms with E-state index in [1.54, 1.807) is 0 Å². The summed E-state index contributed by atoms with van der Waals surface area (Å²) in [6, 6.07) is 21.9. The van der Waals surface area contributed by atoms with Crippen LogP contribution >= 0.6 is 0 Å². The molecule has 4 heteroatoms. The first-order valence-electron chi connectivity index (χ1n) is 11.9. The SMILES string of the molecule is Cc1c(C)c2c3ccc4c5c3c3c(ccc[n+]3C53c5c(cccc5-c5cccc[n+]53)O4)n2c1C. The molecule has 4 nitrogen and oxygen atoms in total. The number of benzene rings is 2. The summed E-state index contributed by atoms with van der Waals surface area (Å²) >= 11 is 0. The van der Waals surface area contributed by atoms with Gasteiger partial charge in [0.05, 0.1) is 16.5 Å². The largest absolute Gasteiger partial charge is 0.456 e. The van der Waals surface area contributed by atoms with Crippen molar-refractivity contribution < 1.29 is 13.9 Å². The van der Waals surface area contributed by atoms with Crippen molar-refractivity contribution in [1.29, 1.82) is 0 Å². The molecule has 34 heavy (non-hydrogen) atoms. The topological polar surface area (TPSA) is 21.4 Å². The maximum Gasteiger partial charge on any atom is 0.425 e. The van der Waals surface area contributed by atoms with Crippen molar-refractivity contribution >= 4 is 27.3 Å². The highest BCUT2D eigenvalue weighted by Crippen LogP contribution is 2.57. The number of pyridine rings is 3. The molecule has 0 fully saturated rings. The molecule has 2 aromatic carbocycles. The van der Waals surface area contributed by atoms with Crippen molar-refractivity contribution in [2.75, 3.05) is 0 Å². The maximum absolute atomic E-state index is 6.65. The Morgan fingerprint density at radius 3 is 2.53 bits per heavy atom. The van der Waals surface area contributed by atoms with Crippen molar-refractivity contribution in [3.63, 3.8) is 0 Å². The Balaban J connectivity index is 1.65. The summed E-state index contributed by atoms with van der Waals surface area (Å²) in [5, 5.41) is 2.61. The van der Waals surface area contributed by atoms with E-state index < -0.39 is 5.66 Å². The number of nitrogens with zero attached hydrogens (tertiary/aromatic N) is 3. The molecule has 0 saturated heterocycles. The van der Waals surface area contributed by atoms with E-state index in [1.165, 1.54) is 66.5 Å². The lowest BCUT2D eigenvalue weighted by Crippen LogP contribution is -2.71. The summed E-state index contributed by atoms with van der Waals surface area (Å²) in [4.78, 5) is 0. The molecular formula is C30H21N3O+2. The number of fused-ring (bicyclic) bond motifs is 5. The highest BCUT2D eigenvalue weighted by atomic mass is 16.5. The number of rotatable bonds is 0. The van der Waals surface area contributed by atoms with Gasteiger partial charge in [-0.05, 0) is 68.3 Å². The maximum atomic E-state index is 6.65. The van der Waals surface area contributed by atoms with E-state index in [-0.39, 0.29) is 0 Å². The van der Waals surface area contributed by atoms with Gasteiger partial charge in [0.25, 0.3) is 0 Å². The van der Waals surface area contributed by atoms with Crippen LogP contribution in [-0.4, -0.2) is 4.40 Å². The highest BCUT2D eigenvalue weighted by molar-refractivity contribution is 6.15. The van der Waals surface area contributed by atoms with E-state index in [2.05, 4.69) is 107 Å². The van der Waals surface area contributed by atoms with Gasteiger partial charge in [-0.15, -0.1) is 9.13 Å². The van der Waals surface area contributed by atoms with Crippen LogP contribution in [0.3, 0.4) is 0 Å². The zero-order chi connectivity index (χ0) is 22.5. The van der Waals surface area contributed by atoms with Crippen molar-refractivity contribution in [2.45, 2.75) is 26.4 Å². The van der Waals surface area contributed by atoms with Crippen LogP contribution in [0, 0.1) is 20.8 Å². The first-order chi connectivity index (χ1) is 16.6. The van der Waals surface area contributed by atoms with E-state index in [0.717, 1.165) is 11.5 Å². The Morgan fingerprint density at radius 2 is 1.62 bits per heavy atom. The van der Waals surface area contributed by atoms with Crippen molar-refractivity contribution in [3.8, 4) is 22.8 Å². The fraction of sp³-hybridized carbons (Fsp3) is 0.133. The zero-order valence-electron chi connectivity index (χ0n) is 19.2. The number of aryl methyl sites for hydroxylation is 2. The lowest BCUT2D eigenvalue weighted by Gasteiger charge is -2.25. The molecule has 6 aromatic rings. The second-order valence-corrected chi connectivity index (χ2v) is 9.90. The van der Waals surface area contributed by atoms with Crippen LogP contribution in [-0.2, 0) is 5.66 Å². The highest BCUT2D eigenvalue weighted by Gasteiger charge is 2.70. The third kappa shape index (κ3) is 1.49. The van der Waals surface area contributed by atoms with Crippen LogP contribution < -0.4 is 13.9 Å². The van der Waals surface area contributed by atoms with Gasteiger partial charge in [-0.2, -0.15) is 0 Å². The Morgan fingerprint density at radius 1 is 0.765 bits per heavy atom. The number of hydrogen-bond donors (Lipinski definition) is 0. The molecule has 1 spiro atoms. The smallest absolute Gasteiger partial charge is 0.425 e. The van der Waals surface area contributed by atoms with Gasteiger partial charge in [0.2, 0.25) is 11.2 Å². The standard InChI is InChI=1S/C30H21N3O/c1-16-17(2)28-20-12-13-24-27-25(20)29-22(33(28)18(16)3)10-7-15-32(29)30(27)26-19(8-6-11-23(26)34-24)21-9-4-5-14-31(21)30/h4-15H,1-3H3/q+2. The van der Waals surface area contributed by atoms with E-state index in [9.17, 15) is 0 Å². The van der Waals surface area contributed by atoms with Crippen molar-refractivity contribution in [3.05, 3.63) is 101 Å². The average Bonchev–Trinajstić information content (AvgIpc) is 3.44. The van der Waals surface area contributed by atoms with Gasteiger partial charge in [0.1, 0.15) is 17.0 Å². The molecule has 0 saturated carbocycles. The first-order valence-corrected chi connectivity index (χ1v) is 11.9. The molecule has 7 heterocycles. The lowest BCUT2D eigenvalue weighted by molar-refractivity contribution is -0.950. The van der Waals surface area contributed by atoms with Crippen molar-refractivity contribution in [2.24, 2.45) is 0 Å². The van der Waals surface area contributed by atoms with Crippen LogP contribution in [0.1, 0.15) is 27.9 Å².